The summed E-state index contributed by atoms with van der Waals surface area (Å²) < 4.78 is 0. The fraction of sp³-hybridized carbons (Fsp3) is 0.588. The molecule has 0 bridgehead atoms. The maximum Gasteiger partial charge on any atom is 0.241 e. The molecule has 0 spiro atoms. The third-order valence-electron chi connectivity index (χ3n) is 4.26. The summed E-state index contributed by atoms with van der Waals surface area (Å²) in [6, 6.07) is 8.65. The second-order valence-corrected chi connectivity index (χ2v) is 6.20. The Morgan fingerprint density at radius 2 is 1.80 bits per heavy atom. The Balaban J connectivity index is 2.33. The van der Waals surface area contributed by atoms with Gasteiger partial charge in [0.2, 0.25) is 5.91 Å². The maximum atomic E-state index is 12.7. The Kier molecular flexibility index (Phi) is 4.48. The summed E-state index contributed by atoms with van der Waals surface area (Å²) in [7, 11) is 0. The first kappa shape index (κ1) is 15.0. The normalized spacial score (nSPS) is 24.5. The van der Waals surface area contributed by atoms with Crippen molar-refractivity contribution in [3.05, 3.63) is 35.4 Å². The number of carbonyl (C=O) groups is 1. The van der Waals surface area contributed by atoms with E-state index in [9.17, 15) is 4.79 Å². The Bertz CT molecular complexity index is 466. The van der Waals surface area contributed by atoms with Gasteiger partial charge in [0, 0.05) is 6.04 Å². The van der Waals surface area contributed by atoms with Crippen LogP contribution in [0, 0.1) is 12.8 Å². The lowest BCUT2D eigenvalue weighted by Gasteiger charge is -2.30. The summed E-state index contributed by atoms with van der Waals surface area (Å²) >= 11 is 0. The first-order valence-corrected chi connectivity index (χ1v) is 7.60. The summed E-state index contributed by atoms with van der Waals surface area (Å²) in [5.41, 5.74) is 2.42. The predicted molar refractivity (Wildman–Crippen MR) is 82.3 cm³/mol. The molecule has 1 saturated heterocycles. The predicted octanol–water partition coefficient (Wildman–Crippen LogP) is 3.25. The number of carbonyl (C=O) groups excluding carboxylic acids is 1. The van der Waals surface area contributed by atoms with Crippen LogP contribution in [-0.4, -0.2) is 22.9 Å². The zero-order valence-corrected chi connectivity index (χ0v) is 13.2. The summed E-state index contributed by atoms with van der Waals surface area (Å²) in [6.45, 7) is 10.5. The molecule has 1 N–H and O–H groups in total. The van der Waals surface area contributed by atoms with E-state index in [1.165, 1.54) is 11.1 Å². The molecule has 3 nitrogen and oxygen atoms in total. The highest BCUT2D eigenvalue weighted by Gasteiger charge is 2.42. The highest BCUT2D eigenvalue weighted by Crippen LogP contribution is 2.30. The van der Waals surface area contributed by atoms with Gasteiger partial charge in [0.25, 0.3) is 0 Å². The Labute approximate surface area is 122 Å². The van der Waals surface area contributed by atoms with Crippen molar-refractivity contribution in [1.82, 2.24) is 10.2 Å². The average molecular weight is 274 g/mol. The van der Waals surface area contributed by atoms with Crippen LogP contribution in [0.15, 0.2) is 24.3 Å². The van der Waals surface area contributed by atoms with E-state index in [0.717, 1.165) is 6.42 Å². The molecule has 0 aliphatic carbocycles. The molecule has 1 aromatic carbocycles. The molecule has 1 fully saturated rings. The maximum absolute atomic E-state index is 12.7. The van der Waals surface area contributed by atoms with Crippen LogP contribution >= 0.6 is 0 Å². The molecule has 3 atom stereocenters. The number of aryl methyl sites for hydroxylation is 1. The van der Waals surface area contributed by atoms with E-state index < -0.39 is 0 Å². The van der Waals surface area contributed by atoms with Crippen molar-refractivity contribution < 1.29 is 4.79 Å². The first-order chi connectivity index (χ1) is 9.45. The molecule has 3 unspecified atom stereocenters. The highest BCUT2D eigenvalue weighted by atomic mass is 16.2. The van der Waals surface area contributed by atoms with Gasteiger partial charge in [-0.25, -0.2) is 0 Å². The molecule has 110 valence electrons. The van der Waals surface area contributed by atoms with Crippen molar-refractivity contribution in [3.8, 4) is 0 Å². The zero-order valence-electron chi connectivity index (χ0n) is 13.2. The molecule has 0 saturated carbocycles. The van der Waals surface area contributed by atoms with Gasteiger partial charge in [0.05, 0.1) is 6.04 Å². The molecule has 1 amide bonds. The molecule has 3 heteroatoms. The minimum absolute atomic E-state index is 0.00505. The Morgan fingerprint density at radius 1 is 1.20 bits per heavy atom. The second kappa shape index (κ2) is 5.96. The SMILES string of the molecule is CCC(C)N1C(=O)C(C(C)C)NC1c1ccc(C)cc1. The van der Waals surface area contributed by atoms with Crippen LogP contribution < -0.4 is 5.32 Å². The van der Waals surface area contributed by atoms with Crippen LogP contribution in [0.4, 0.5) is 0 Å². The van der Waals surface area contributed by atoms with Crippen LogP contribution in [0.1, 0.15) is 51.4 Å². The zero-order chi connectivity index (χ0) is 14.9. The van der Waals surface area contributed by atoms with Gasteiger partial charge in [-0.1, -0.05) is 50.6 Å². The summed E-state index contributed by atoms with van der Waals surface area (Å²) in [4.78, 5) is 14.7. The van der Waals surface area contributed by atoms with Crippen molar-refractivity contribution in [3.63, 3.8) is 0 Å². The van der Waals surface area contributed by atoms with Gasteiger partial charge in [-0.15, -0.1) is 0 Å². The van der Waals surface area contributed by atoms with Crippen LogP contribution in [0.5, 0.6) is 0 Å². The van der Waals surface area contributed by atoms with Gasteiger partial charge in [-0.05, 0) is 31.7 Å². The van der Waals surface area contributed by atoms with E-state index in [1.54, 1.807) is 0 Å². The number of rotatable bonds is 4. The number of benzene rings is 1. The molecule has 1 aromatic rings. The van der Waals surface area contributed by atoms with Crippen molar-refractivity contribution >= 4 is 5.91 Å². The standard InChI is InChI=1S/C17H26N2O/c1-6-13(5)19-16(14-9-7-12(4)8-10-14)18-15(11(2)3)17(19)20/h7-11,13,15-16,18H,6H2,1-5H3. The van der Waals surface area contributed by atoms with Gasteiger partial charge < -0.3 is 4.90 Å². The quantitative estimate of drug-likeness (QED) is 0.914. The second-order valence-electron chi connectivity index (χ2n) is 6.20. The largest absolute Gasteiger partial charge is 0.319 e. The van der Waals surface area contributed by atoms with Gasteiger partial charge in [-0.2, -0.15) is 0 Å². The van der Waals surface area contributed by atoms with Crippen molar-refractivity contribution in [2.45, 2.75) is 59.3 Å². The molecular weight excluding hydrogens is 248 g/mol. The molecule has 1 heterocycles. The summed E-state index contributed by atoms with van der Waals surface area (Å²) in [6.07, 6.45) is 0.978. The van der Waals surface area contributed by atoms with Crippen LogP contribution in [-0.2, 0) is 4.79 Å². The molecule has 20 heavy (non-hydrogen) atoms. The van der Waals surface area contributed by atoms with E-state index in [4.69, 9.17) is 0 Å². The van der Waals surface area contributed by atoms with Gasteiger partial charge in [0.1, 0.15) is 6.17 Å². The fourth-order valence-corrected chi connectivity index (χ4v) is 2.76. The lowest BCUT2D eigenvalue weighted by molar-refractivity contribution is -0.132. The fourth-order valence-electron chi connectivity index (χ4n) is 2.76. The average Bonchev–Trinajstić information content (AvgIpc) is 2.76. The molecule has 1 aliphatic heterocycles. The van der Waals surface area contributed by atoms with Crippen molar-refractivity contribution in [1.29, 1.82) is 0 Å². The van der Waals surface area contributed by atoms with E-state index in [1.807, 2.05) is 4.90 Å². The number of nitrogens with zero attached hydrogens (tertiary/aromatic N) is 1. The number of hydrogen-bond donors (Lipinski definition) is 1. The number of amides is 1. The third-order valence-corrected chi connectivity index (χ3v) is 4.26. The molecule has 0 aromatic heterocycles. The lowest BCUT2D eigenvalue weighted by Crippen LogP contribution is -2.39. The Morgan fingerprint density at radius 3 is 2.30 bits per heavy atom. The van der Waals surface area contributed by atoms with Crippen LogP contribution in [0.3, 0.4) is 0 Å². The van der Waals surface area contributed by atoms with Gasteiger partial charge >= 0.3 is 0 Å². The summed E-state index contributed by atoms with van der Waals surface area (Å²) in [5, 5.41) is 3.52. The summed E-state index contributed by atoms with van der Waals surface area (Å²) in [5.74, 6) is 0.546. The van der Waals surface area contributed by atoms with Gasteiger partial charge in [0.15, 0.2) is 0 Å². The molecule has 1 aliphatic rings. The highest BCUT2D eigenvalue weighted by molar-refractivity contribution is 5.85. The monoisotopic (exact) mass is 274 g/mol. The van der Waals surface area contributed by atoms with Crippen molar-refractivity contribution in [2.75, 3.05) is 0 Å². The van der Waals surface area contributed by atoms with E-state index in [0.29, 0.717) is 5.92 Å². The minimum atomic E-state index is -0.0738. The molecule has 0 radical (unpaired) electrons. The number of hydrogen-bond acceptors (Lipinski definition) is 2. The lowest BCUT2D eigenvalue weighted by atomic mass is 10.0. The molecular formula is C17H26N2O. The van der Waals surface area contributed by atoms with E-state index in [-0.39, 0.29) is 24.2 Å². The minimum Gasteiger partial charge on any atom is -0.319 e. The van der Waals surface area contributed by atoms with E-state index >= 15 is 0 Å². The number of nitrogens with one attached hydrogen (secondary N) is 1. The third kappa shape index (κ3) is 2.73. The first-order valence-electron chi connectivity index (χ1n) is 7.60. The Hall–Kier alpha value is -1.35. The van der Waals surface area contributed by atoms with Crippen LogP contribution in [0.2, 0.25) is 0 Å². The topological polar surface area (TPSA) is 32.3 Å². The smallest absolute Gasteiger partial charge is 0.241 e. The van der Waals surface area contributed by atoms with Gasteiger partial charge in [-0.3, -0.25) is 10.1 Å². The molecule has 2 rings (SSSR count). The van der Waals surface area contributed by atoms with Crippen molar-refractivity contribution in [2.24, 2.45) is 5.92 Å². The van der Waals surface area contributed by atoms with Crippen LogP contribution in [0.25, 0.3) is 0 Å². The van der Waals surface area contributed by atoms with E-state index in [2.05, 4.69) is 64.2 Å².